The van der Waals surface area contributed by atoms with Gasteiger partial charge in [-0.2, -0.15) is 0 Å². The average Bonchev–Trinajstić information content (AvgIpc) is 2.36. The van der Waals surface area contributed by atoms with Gasteiger partial charge in [-0.1, -0.05) is 19.9 Å². The van der Waals surface area contributed by atoms with E-state index in [1.54, 1.807) is 11.3 Å². The average molecular weight is 167 g/mol. The van der Waals surface area contributed by atoms with Crippen LogP contribution in [0, 0.1) is 5.41 Å². The van der Waals surface area contributed by atoms with Crippen molar-refractivity contribution in [3.05, 3.63) is 22.4 Å². The summed E-state index contributed by atoms with van der Waals surface area (Å²) in [5.41, 5.74) is 6.51. The Kier molecular flexibility index (Phi) is 1.25. The van der Waals surface area contributed by atoms with Gasteiger partial charge in [0.1, 0.15) is 0 Å². The molecular weight excluding hydrogens is 154 g/mol. The second-order valence-corrected chi connectivity index (χ2v) is 4.96. The van der Waals surface area contributed by atoms with Crippen LogP contribution in [0.25, 0.3) is 0 Å². The van der Waals surface area contributed by atoms with Gasteiger partial charge in [-0.15, -0.1) is 11.3 Å². The van der Waals surface area contributed by atoms with Crippen molar-refractivity contribution in [2.24, 2.45) is 11.1 Å². The van der Waals surface area contributed by atoms with Crippen LogP contribution in [0.3, 0.4) is 0 Å². The third kappa shape index (κ3) is 0.861. The first kappa shape index (κ1) is 7.32. The summed E-state index contributed by atoms with van der Waals surface area (Å²) in [6.45, 7) is 4.46. The molecule has 1 heterocycles. The quantitative estimate of drug-likeness (QED) is 0.682. The fraction of sp³-hybridized carbons (Fsp3) is 0.556. The van der Waals surface area contributed by atoms with Crippen molar-refractivity contribution in [2.45, 2.75) is 25.8 Å². The van der Waals surface area contributed by atoms with E-state index in [9.17, 15) is 0 Å². The summed E-state index contributed by atoms with van der Waals surface area (Å²) in [6, 6.07) is 4.21. The molecule has 2 rings (SSSR count). The van der Waals surface area contributed by atoms with Gasteiger partial charge >= 0.3 is 0 Å². The summed E-state index contributed by atoms with van der Waals surface area (Å²) in [6.07, 6.45) is 1.13. The first-order chi connectivity index (χ1) is 5.06. The fourth-order valence-electron chi connectivity index (χ4n) is 1.61. The number of rotatable bonds is 1. The van der Waals surface area contributed by atoms with E-state index < -0.39 is 0 Å². The first-order valence-corrected chi connectivity index (χ1v) is 4.77. The van der Waals surface area contributed by atoms with Crippen LogP contribution in [0.1, 0.15) is 25.1 Å². The first-order valence-electron chi connectivity index (χ1n) is 3.89. The zero-order chi connectivity index (χ0) is 8.11. The molecular formula is C9H13NS. The molecule has 1 unspecified atom stereocenters. The molecule has 0 spiro atoms. The highest BCUT2D eigenvalue weighted by Gasteiger charge is 2.59. The van der Waals surface area contributed by atoms with Crippen molar-refractivity contribution >= 4 is 11.3 Å². The van der Waals surface area contributed by atoms with E-state index in [1.165, 1.54) is 4.88 Å². The Morgan fingerprint density at radius 3 is 2.55 bits per heavy atom. The van der Waals surface area contributed by atoms with Gasteiger partial charge < -0.3 is 5.73 Å². The monoisotopic (exact) mass is 167 g/mol. The Bertz CT molecular complexity index is 263. The van der Waals surface area contributed by atoms with Crippen LogP contribution in [0.5, 0.6) is 0 Å². The topological polar surface area (TPSA) is 26.0 Å². The van der Waals surface area contributed by atoms with Gasteiger partial charge in [0.2, 0.25) is 0 Å². The molecule has 60 valence electrons. The zero-order valence-corrected chi connectivity index (χ0v) is 7.74. The molecule has 2 N–H and O–H groups in total. The second kappa shape index (κ2) is 1.87. The minimum Gasteiger partial charge on any atom is -0.320 e. The van der Waals surface area contributed by atoms with E-state index in [0.717, 1.165) is 6.42 Å². The van der Waals surface area contributed by atoms with Crippen molar-refractivity contribution in [2.75, 3.05) is 0 Å². The molecule has 1 fully saturated rings. The Morgan fingerprint density at radius 2 is 2.18 bits per heavy atom. The van der Waals surface area contributed by atoms with Crippen LogP contribution in [0.2, 0.25) is 0 Å². The van der Waals surface area contributed by atoms with Gasteiger partial charge in [0, 0.05) is 4.88 Å². The van der Waals surface area contributed by atoms with Gasteiger partial charge in [0.05, 0.1) is 5.54 Å². The SMILES string of the molecule is CC1(C)CC1(N)c1cccs1. The smallest absolute Gasteiger partial charge is 0.0562 e. The minimum absolute atomic E-state index is 0.0127. The Morgan fingerprint density at radius 1 is 1.55 bits per heavy atom. The van der Waals surface area contributed by atoms with Crippen LogP contribution in [-0.4, -0.2) is 0 Å². The molecule has 0 aromatic carbocycles. The summed E-state index contributed by atoms with van der Waals surface area (Å²) in [5.74, 6) is 0. The molecule has 1 aromatic heterocycles. The predicted octanol–water partition coefficient (Wildman–Crippen LogP) is 2.33. The standard InChI is InChI=1S/C9H13NS/c1-8(2)6-9(8,10)7-4-3-5-11-7/h3-5H,6,10H2,1-2H3. The predicted molar refractivity (Wildman–Crippen MR) is 48.6 cm³/mol. The Labute approximate surface area is 71.2 Å². The summed E-state index contributed by atoms with van der Waals surface area (Å²) in [4.78, 5) is 1.34. The lowest BCUT2D eigenvalue weighted by molar-refractivity contribution is 0.516. The van der Waals surface area contributed by atoms with Gasteiger partial charge in [-0.25, -0.2) is 0 Å². The summed E-state index contributed by atoms with van der Waals surface area (Å²) in [5, 5.41) is 2.10. The van der Waals surface area contributed by atoms with Crippen molar-refractivity contribution in [1.29, 1.82) is 0 Å². The Hall–Kier alpha value is -0.340. The van der Waals surface area contributed by atoms with Crippen molar-refractivity contribution in [3.63, 3.8) is 0 Å². The van der Waals surface area contributed by atoms with Crippen molar-refractivity contribution < 1.29 is 0 Å². The maximum Gasteiger partial charge on any atom is 0.0562 e. The number of hydrogen-bond acceptors (Lipinski definition) is 2. The lowest BCUT2D eigenvalue weighted by Gasteiger charge is -2.11. The zero-order valence-electron chi connectivity index (χ0n) is 6.92. The second-order valence-electron chi connectivity index (χ2n) is 4.01. The fourth-order valence-corrected chi connectivity index (χ4v) is 2.63. The molecule has 1 aromatic rings. The van der Waals surface area contributed by atoms with Crippen molar-refractivity contribution in [1.82, 2.24) is 0 Å². The highest BCUT2D eigenvalue weighted by Crippen LogP contribution is 2.61. The summed E-state index contributed by atoms with van der Waals surface area (Å²) in [7, 11) is 0. The molecule has 1 saturated carbocycles. The maximum atomic E-state index is 6.20. The molecule has 0 amide bonds. The van der Waals surface area contributed by atoms with E-state index in [0.29, 0.717) is 5.41 Å². The number of thiophene rings is 1. The molecule has 0 aliphatic heterocycles. The van der Waals surface area contributed by atoms with Crippen LogP contribution < -0.4 is 5.73 Å². The Balaban J connectivity index is 2.33. The molecule has 1 atom stereocenters. The van der Waals surface area contributed by atoms with Gasteiger partial charge in [-0.3, -0.25) is 0 Å². The minimum atomic E-state index is -0.0127. The largest absolute Gasteiger partial charge is 0.320 e. The third-order valence-electron chi connectivity index (χ3n) is 2.76. The number of hydrogen-bond donors (Lipinski definition) is 1. The van der Waals surface area contributed by atoms with E-state index >= 15 is 0 Å². The molecule has 0 radical (unpaired) electrons. The lowest BCUT2D eigenvalue weighted by Crippen LogP contribution is -2.23. The molecule has 0 bridgehead atoms. The molecule has 2 heteroatoms. The highest BCUT2D eigenvalue weighted by molar-refractivity contribution is 7.10. The van der Waals surface area contributed by atoms with Gasteiger partial charge in [-0.05, 0) is 23.3 Å². The van der Waals surface area contributed by atoms with Crippen LogP contribution in [-0.2, 0) is 5.54 Å². The van der Waals surface area contributed by atoms with E-state index in [1.807, 2.05) is 0 Å². The molecule has 1 aliphatic carbocycles. The summed E-state index contributed by atoms with van der Waals surface area (Å²) >= 11 is 1.77. The van der Waals surface area contributed by atoms with Crippen LogP contribution >= 0.6 is 11.3 Å². The van der Waals surface area contributed by atoms with Gasteiger partial charge in [0.15, 0.2) is 0 Å². The van der Waals surface area contributed by atoms with E-state index in [-0.39, 0.29) is 5.54 Å². The van der Waals surface area contributed by atoms with Crippen molar-refractivity contribution in [3.8, 4) is 0 Å². The molecule has 1 nitrogen and oxygen atoms in total. The highest BCUT2D eigenvalue weighted by atomic mass is 32.1. The molecule has 0 saturated heterocycles. The van der Waals surface area contributed by atoms with Crippen LogP contribution in [0.15, 0.2) is 17.5 Å². The van der Waals surface area contributed by atoms with E-state index in [2.05, 4.69) is 31.4 Å². The third-order valence-corrected chi connectivity index (χ3v) is 3.81. The van der Waals surface area contributed by atoms with Gasteiger partial charge in [0.25, 0.3) is 0 Å². The summed E-state index contributed by atoms with van der Waals surface area (Å²) < 4.78 is 0. The number of nitrogens with two attached hydrogens (primary N) is 1. The maximum absolute atomic E-state index is 6.20. The molecule has 1 aliphatic rings. The van der Waals surface area contributed by atoms with E-state index in [4.69, 9.17) is 5.73 Å². The lowest BCUT2D eigenvalue weighted by atomic mass is 10.0. The van der Waals surface area contributed by atoms with Crippen LogP contribution in [0.4, 0.5) is 0 Å². The molecule has 11 heavy (non-hydrogen) atoms. The normalized spacial score (nSPS) is 33.7.